The summed E-state index contributed by atoms with van der Waals surface area (Å²) in [5, 5.41) is 5.95. The number of fused-ring (bicyclic) bond motifs is 1. The van der Waals surface area contributed by atoms with Gasteiger partial charge in [-0.3, -0.25) is 9.59 Å². The van der Waals surface area contributed by atoms with Crippen LogP contribution in [0.3, 0.4) is 0 Å². The summed E-state index contributed by atoms with van der Waals surface area (Å²) in [5.41, 5.74) is -0.578. The van der Waals surface area contributed by atoms with Crippen LogP contribution < -0.4 is 16.1 Å². The lowest BCUT2D eigenvalue weighted by molar-refractivity contribution is 0.0946. The number of H-pyrrole nitrogens is 1. The quantitative estimate of drug-likeness (QED) is 0.805. The smallest absolute Gasteiger partial charge is 0.256 e. The van der Waals surface area contributed by atoms with Crippen molar-refractivity contribution in [2.24, 2.45) is 0 Å². The standard InChI is InChI=1S/C16H17F2N3O2/c17-12-5-10-14(6-13(12)18)20-8-11(15(10)22)16(23)21-7-9-3-1-2-4-19-9/h5-6,8-9,19H,1-4,7H2,(H,20,22)(H,21,23). The summed E-state index contributed by atoms with van der Waals surface area (Å²) in [4.78, 5) is 27.1. The second-order valence-electron chi connectivity index (χ2n) is 5.70. The van der Waals surface area contributed by atoms with E-state index in [0.717, 1.165) is 37.9 Å². The fourth-order valence-corrected chi connectivity index (χ4v) is 2.79. The minimum Gasteiger partial charge on any atom is -0.360 e. The number of hydrogen-bond acceptors (Lipinski definition) is 3. The number of pyridine rings is 1. The Bertz CT molecular complexity index is 798. The number of aromatic amines is 1. The van der Waals surface area contributed by atoms with Gasteiger partial charge in [-0.05, 0) is 25.5 Å². The maximum absolute atomic E-state index is 13.3. The molecule has 3 rings (SSSR count). The Morgan fingerprint density at radius 3 is 2.78 bits per heavy atom. The molecule has 0 saturated carbocycles. The van der Waals surface area contributed by atoms with Gasteiger partial charge in [-0.1, -0.05) is 6.42 Å². The molecule has 1 aliphatic heterocycles. The molecule has 1 aliphatic rings. The Hall–Kier alpha value is -2.28. The molecular weight excluding hydrogens is 304 g/mol. The van der Waals surface area contributed by atoms with Crippen LogP contribution in [-0.2, 0) is 0 Å². The lowest BCUT2D eigenvalue weighted by atomic mass is 10.0. The van der Waals surface area contributed by atoms with Gasteiger partial charge in [0.1, 0.15) is 5.56 Å². The highest BCUT2D eigenvalue weighted by molar-refractivity contribution is 5.97. The van der Waals surface area contributed by atoms with Gasteiger partial charge < -0.3 is 15.6 Å². The Kier molecular flexibility index (Phi) is 4.38. The van der Waals surface area contributed by atoms with Gasteiger partial charge in [-0.15, -0.1) is 0 Å². The summed E-state index contributed by atoms with van der Waals surface area (Å²) in [6.07, 6.45) is 4.43. The van der Waals surface area contributed by atoms with Gasteiger partial charge in [0.2, 0.25) is 5.43 Å². The number of halogens is 2. The third-order valence-corrected chi connectivity index (χ3v) is 4.09. The molecule has 1 amide bonds. The highest BCUT2D eigenvalue weighted by Crippen LogP contribution is 2.14. The molecule has 1 fully saturated rings. The summed E-state index contributed by atoms with van der Waals surface area (Å²) in [7, 11) is 0. The van der Waals surface area contributed by atoms with Gasteiger partial charge >= 0.3 is 0 Å². The van der Waals surface area contributed by atoms with Crippen LogP contribution in [0.25, 0.3) is 10.9 Å². The number of piperidine rings is 1. The van der Waals surface area contributed by atoms with Crippen molar-refractivity contribution >= 4 is 16.8 Å². The van der Waals surface area contributed by atoms with Crippen LogP contribution >= 0.6 is 0 Å². The van der Waals surface area contributed by atoms with Crippen molar-refractivity contribution in [3.05, 3.63) is 45.8 Å². The third kappa shape index (κ3) is 3.24. The van der Waals surface area contributed by atoms with E-state index >= 15 is 0 Å². The number of benzene rings is 1. The lowest BCUT2D eigenvalue weighted by Gasteiger charge is -2.23. The number of rotatable bonds is 3. The Labute approximate surface area is 131 Å². The van der Waals surface area contributed by atoms with Gasteiger partial charge in [0.05, 0.1) is 5.52 Å². The molecule has 0 bridgehead atoms. The maximum atomic E-state index is 13.3. The van der Waals surface area contributed by atoms with E-state index in [1.165, 1.54) is 6.20 Å². The van der Waals surface area contributed by atoms with E-state index in [1.54, 1.807) is 0 Å². The van der Waals surface area contributed by atoms with Crippen molar-refractivity contribution in [1.82, 2.24) is 15.6 Å². The highest BCUT2D eigenvalue weighted by atomic mass is 19.2. The Balaban J connectivity index is 1.81. The van der Waals surface area contributed by atoms with Crippen LogP contribution in [0.15, 0.2) is 23.1 Å². The number of aromatic nitrogens is 1. The zero-order chi connectivity index (χ0) is 16.4. The molecule has 122 valence electrons. The number of nitrogens with one attached hydrogen (secondary N) is 3. The zero-order valence-corrected chi connectivity index (χ0v) is 12.4. The second-order valence-corrected chi connectivity index (χ2v) is 5.70. The fraction of sp³-hybridized carbons (Fsp3) is 0.375. The van der Waals surface area contributed by atoms with Crippen LogP contribution in [0, 0.1) is 11.6 Å². The van der Waals surface area contributed by atoms with Crippen molar-refractivity contribution in [1.29, 1.82) is 0 Å². The largest absolute Gasteiger partial charge is 0.360 e. The van der Waals surface area contributed by atoms with E-state index in [0.29, 0.717) is 6.54 Å². The molecule has 1 unspecified atom stereocenters. The Morgan fingerprint density at radius 1 is 1.26 bits per heavy atom. The zero-order valence-electron chi connectivity index (χ0n) is 12.4. The molecule has 0 aliphatic carbocycles. The molecule has 5 nitrogen and oxygen atoms in total. The summed E-state index contributed by atoms with van der Waals surface area (Å²) in [6, 6.07) is 1.90. The molecule has 2 heterocycles. The van der Waals surface area contributed by atoms with E-state index in [-0.39, 0.29) is 22.5 Å². The first-order valence-electron chi connectivity index (χ1n) is 7.58. The minimum atomic E-state index is -1.12. The number of carbonyl (C=O) groups excluding carboxylic acids is 1. The summed E-state index contributed by atoms with van der Waals surface area (Å²) >= 11 is 0. The molecule has 3 N–H and O–H groups in total. The van der Waals surface area contributed by atoms with E-state index in [9.17, 15) is 18.4 Å². The first-order chi connectivity index (χ1) is 11.1. The maximum Gasteiger partial charge on any atom is 0.256 e. The predicted octanol–water partition coefficient (Wildman–Crippen LogP) is 1.68. The van der Waals surface area contributed by atoms with Crippen LogP contribution in [0.5, 0.6) is 0 Å². The average molecular weight is 321 g/mol. The number of amides is 1. The van der Waals surface area contributed by atoms with E-state index in [2.05, 4.69) is 15.6 Å². The second kappa shape index (κ2) is 6.45. The van der Waals surface area contributed by atoms with Gasteiger partial charge in [-0.2, -0.15) is 0 Å². The van der Waals surface area contributed by atoms with Crippen molar-refractivity contribution in [2.75, 3.05) is 13.1 Å². The normalized spacial score (nSPS) is 18.1. The van der Waals surface area contributed by atoms with Gasteiger partial charge in [0.15, 0.2) is 11.6 Å². The summed E-state index contributed by atoms with van der Waals surface area (Å²) in [5.74, 6) is -2.69. The van der Waals surface area contributed by atoms with Crippen LogP contribution in [0.4, 0.5) is 8.78 Å². The molecule has 1 aromatic heterocycles. The first kappa shape index (κ1) is 15.6. The molecule has 1 atom stereocenters. The number of carbonyl (C=O) groups is 1. The van der Waals surface area contributed by atoms with Gasteiger partial charge in [-0.25, -0.2) is 8.78 Å². The predicted molar refractivity (Wildman–Crippen MR) is 82.5 cm³/mol. The van der Waals surface area contributed by atoms with Crippen molar-refractivity contribution in [2.45, 2.75) is 25.3 Å². The van der Waals surface area contributed by atoms with Crippen molar-refractivity contribution < 1.29 is 13.6 Å². The fourth-order valence-electron chi connectivity index (χ4n) is 2.79. The Morgan fingerprint density at radius 2 is 2.04 bits per heavy atom. The first-order valence-corrected chi connectivity index (χ1v) is 7.58. The van der Waals surface area contributed by atoms with Crippen LogP contribution in [-0.4, -0.2) is 30.0 Å². The molecular formula is C16H17F2N3O2. The van der Waals surface area contributed by atoms with E-state index < -0.39 is 23.0 Å². The summed E-state index contributed by atoms with van der Waals surface area (Å²) < 4.78 is 26.5. The molecule has 23 heavy (non-hydrogen) atoms. The van der Waals surface area contributed by atoms with Gasteiger partial charge in [0.25, 0.3) is 5.91 Å². The average Bonchev–Trinajstić information content (AvgIpc) is 2.56. The van der Waals surface area contributed by atoms with E-state index in [1.807, 2.05) is 0 Å². The summed E-state index contributed by atoms with van der Waals surface area (Å²) in [6.45, 7) is 1.34. The molecule has 2 aromatic rings. The molecule has 7 heteroatoms. The van der Waals surface area contributed by atoms with Crippen molar-refractivity contribution in [3.8, 4) is 0 Å². The SMILES string of the molecule is O=C(NCC1CCCCN1)c1c[nH]c2cc(F)c(F)cc2c1=O. The topological polar surface area (TPSA) is 74.0 Å². The lowest BCUT2D eigenvalue weighted by Crippen LogP contribution is -2.44. The van der Waals surface area contributed by atoms with Crippen molar-refractivity contribution in [3.63, 3.8) is 0 Å². The number of hydrogen-bond donors (Lipinski definition) is 3. The molecule has 1 aromatic carbocycles. The third-order valence-electron chi connectivity index (χ3n) is 4.09. The van der Waals surface area contributed by atoms with Gasteiger partial charge in [0, 0.05) is 30.2 Å². The van der Waals surface area contributed by atoms with Crippen LogP contribution in [0.1, 0.15) is 29.6 Å². The minimum absolute atomic E-state index is 0.0488. The molecule has 0 spiro atoms. The molecule has 1 saturated heterocycles. The molecule has 0 radical (unpaired) electrons. The monoisotopic (exact) mass is 321 g/mol. The van der Waals surface area contributed by atoms with Crippen LogP contribution in [0.2, 0.25) is 0 Å². The highest BCUT2D eigenvalue weighted by Gasteiger charge is 2.17. The van der Waals surface area contributed by atoms with E-state index in [4.69, 9.17) is 0 Å².